The van der Waals surface area contributed by atoms with Gasteiger partial charge in [0.15, 0.2) is 0 Å². The molecule has 0 heterocycles. The Kier molecular flexibility index (Phi) is 5.48. The molecule has 9 heteroatoms. The second kappa shape index (κ2) is 7.18. The molecule has 0 saturated heterocycles. The second-order valence-electron chi connectivity index (χ2n) is 5.30. The molecule has 1 aliphatic rings. The van der Waals surface area contributed by atoms with Crippen LogP contribution in [0.4, 0.5) is 5.69 Å². The number of rotatable bonds is 6. The number of carboxylic acid groups (broad SMARTS) is 1. The Labute approximate surface area is 141 Å². The number of carbonyl (C=O) groups excluding carboxylic acids is 1. The maximum atomic E-state index is 12.0. The third-order valence-electron chi connectivity index (χ3n) is 3.72. The molecule has 124 valence electrons. The maximum Gasteiger partial charge on any atom is 0.329 e. The Balaban J connectivity index is 2.02. The SMILES string of the molecule is O=C(CSc1ccc(Cl)cc1[N+](=O)[O-])NC1(C(=O)O)CCCC1. The normalized spacial score (nSPS) is 16.0. The molecule has 1 fully saturated rings. The van der Waals surface area contributed by atoms with Gasteiger partial charge in [0.25, 0.3) is 5.69 Å². The van der Waals surface area contributed by atoms with Crippen molar-refractivity contribution in [3.8, 4) is 0 Å². The average molecular weight is 359 g/mol. The lowest BCUT2D eigenvalue weighted by atomic mass is 9.98. The van der Waals surface area contributed by atoms with E-state index in [0.29, 0.717) is 17.7 Å². The van der Waals surface area contributed by atoms with E-state index in [1.165, 1.54) is 18.2 Å². The summed E-state index contributed by atoms with van der Waals surface area (Å²) >= 11 is 6.71. The van der Waals surface area contributed by atoms with Gasteiger partial charge >= 0.3 is 5.97 Å². The summed E-state index contributed by atoms with van der Waals surface area (Å²) in [5, 5.41) is 23.1. The molecule has 2 N–H and O–H groups in total. The van der Waals surface area contributed by atoms with Gasteiger partial charge in [0.05, 0.1) is 15.6 Å². The minimum atomic E-state index is -1.20. The minimum absolute atomic E-state index is 0.0997. The Morgan fingerprint density at radius 1 is 1.39 bits per heavy atom. The molecule has 1 aromatic carbocycles. The van der Waals surface area contributed by atoms with E-state index in [1.807, 2.05) is 0 Å². The van der Waals surface area contributed by atoms with Crippen LogP contribution in [0.1, 0.15) is 25.7 Å². The third kappa shape index (κ3) is 4.14. The molecular formula is C14H15ClN2O5S. The van der Waals surface area contributed by atoms with Gasteiger partial charge in [0, 0.05) is 11.1 Å². The lowest BCUT2D eigenvalue weighted by Gasteiger charge is -2.25. The number of hydrogen-bond acceptors (Lipinski definition) is 5. The van der Waals surface area contributed by atoms with Crippen LogP contribution in [0.25, 0.3) is 0 Å². The first-order chi connectivity index (χ1) is 10.8. The fourth-order valence-electron chi connectivity index (χ4n) is 2.57. The van der Waals surface area contributed by atoms with E-state index in [-0.39, 0.29) is 16.5 Å². The van der Waals surface area contributed by atoms with Gasteiger partial charge in [-0.15, -0.1) is 11.8 Å². The topological polar surface area (TPSA) is 110 Å². The van der Waals surface area contributed by atoms with Crippen LogP contribution < -0.4 is 5.32 Å². The molecule has 0 bridgehead atoms. The highest BCUT2D eigenvalue weighted by Gasteiger charge is 2.42. The van der Waals surface area contributed by atoms with Gasteiger partial charge in [-0.25, -0.2) is 4.79 Å². The van der Waals surface area contributed by atoms with Crippen molar-refractivity contribution >= 4 is 40.9 Å². The van der Waals surface area contributed by atoms with Crippen molar-refractivity contribution < 1.29 is 19.6 Å². The van der Waals surface area contributed by atoms with E-state index in [0.717, 1.165) is 24.6 Å². The van der Waals surface area contributed by atoms with Crippen molar-refractivity contribution in [2.24, 2.45) is 0 Å². The molecule has 1 amide bonds. The van der Waals surface area contributed by atoms with Crippen molar-refractivity contribution in [3.05, 3.63) is 33.3 Å². The fraction of sp³-hybridized carbons (Fsp3) is 0.429. The standard InChI is InChI=1S/C14H15ClN2O5S/c15-9-3-4-11(10(7-9)17(21)22)23-8-12(18)16-14(13(19)20)5-1-2-6-14/h3-4,7H,1-2,5-6,8H2,(H,16,18)(H,19,20). The predicted molar refractivity (Wildman–Crippen MR) is 85.8 cm³/mol. The Bertz CT molecular complexity index is 646. The molecular weight excluding hydrogens is 344 g/mol. The van der Waals surface area contributed by atoms with Gasteiger partial charge < -0.3 is 10.4 Å². The summed E-state index contributed by atoms with van der Waals surface area (Å²) in [6.07, 6.45) is 2.31. The Morgan fingerprint density at radius 3 is 2.61 bits per heavy atom. The van der Waals surface area contributed by atoms with Crippen LogP contribution in [-0.2, 0) is 9.59 Å². The Morgan fingerprint density at radius 2 is 2.04 bits per heavy atom. The number of nitrogens with one attached hydrogen (secondary N) is 1. The van der Waals surface area contributed by atoms with Crippen LogP contribution in [0.15, 0.2) is 23.1 Å². The molecule has 0 spiro atoms. The van der Waals surface area contributed by atoms with Crippen LogP contribution in [0.3, 0.4) is 0 Å². The number of nitro benzene ring substituents is 1. The molecule has 1 aliphatic carbocycles. The highest BCUT2D eigenvalue weighted by atomic mass is 35.5. The maximum absolute atomic E-state index is 12.0. The fourth-order valence-corrected chi connectivity index (χ4v) is 3.54. The Hall–Kier alpha value is -1.80. The summed E-state index contributed by atoms with van der Waals surface area (Å²) in [5.41, 5.74) is -1.38. The smallest absolute Gasteiger partial charge is 0.329 e. The van der Waals surface area contributed by atoms with E-state index in [1.54, 1.807) is 0 Å². The third-order valence-corrected chi connectivity index (χ3v) is 5.02. The first-order valence-electron chi connectivity index (χ1n) is 6.95. The van der Waals surface area contributed by atoms with Gasteiger partial charge in [-0.1, -0.05) is 24.4 Å². The number of nitrogens with zero attached hydrogens (tertiary/aromatic N) is 1. The summed E-state index contributed by atoms with van der Waals surface area (Å²) in [4.78, 5) is 34.2. The molecule has 0 atom stereocenters. The average Bonchev–Trinajstić information content (AvgIpc) is 2.95. The number of carboxylic acids is 1. The van der Waals surface area contributed by atoms with E-state index < -0.39 is 22.3 Å². The highest BCUT2D eigenvalue weighted by Crippen LogP contribution is 2.33. The quantitative estimate of drug-likeness (QED) is 0.459. The van der Waals surface area contributed by atoms with Gasteiger partial charge in [-0.2, -0.15) is 0 Å². The largest absolute Gasteiger partial charge is 0.480 e. The number of amides is 1. The zero-order valence-electron chi connectivity index (χ0n) is 12.1. The van der Waals surface area contributed by atoms with Gasteiger partial charge in [-0.3, -0.25) is 14.9 Å². The van der Waals surface area contributed by atoms with E-state index in [9.17, 15) is 24.8 Å². The van der Waals surface area contributed by atoms with Crippen LogP contribution in [-0.4, -0.2) is 33.2 Å². The van der Waals surface area contributed by atoms with Crippen molar-refractivity contribution in [1.29, 1.82) is 0 Å². The lowest BCUT2D eigenvalue weighted by Crippen LogP contribution is -2.53. The molecule has 0 radical (unpaired) electrons. The number of aliphatic carboxylic acids is 1. The number of benzene rings is 1. The van der Waals surface area contributed by atoms with Gasteiger partial charge in [0.1, 0.15) is 5.54 Å². The number of hydrogen-bond donors (Lipinski definition) is 2. The monoisotopic (exact) mass is 358 g/mol. The summed E-state index contributed by atoms with van der Waals surface area (Å²) in [5.74, 6) is -1.59. The highest BCUT2D eigenvalue weighted by molar-refractivity contribution is 8.00. The van der Waals surface area contributed by atoms with Crippen LogP contribution >= 0.6 is 23.4 Å². The summed E-state index contributed by atoms with van der Waals surface area (Å²) in [6.45, 7) is 0. The molecule has 23 heavy (non-hydrogen) atoms. The second-order valence-corrected chi connectivity index (χ2v) is 6.75. The van der Waals surface area contributed by atoms with Crippen LogP contribution in [0.5, 0.6) is 0 Å². The van der Waals surface area contributed by atoms with Gasteiger partial charge in [-0.05, 0) is 25.0 Å². The van der Waals surface area contributed by atoms with Crippen LogP contribution in [0.2, 0.25) is 5.02 Å². The van der Waals surface area contributed by atoms with Crippen molar-refractivity contribution in [2.75, 3.05) is 5.75 Å². The molecule has 0 unspecified atom stereocenters. The van der Waals surface area contributed by atoms with Crippen molar-refractivity contribution in [1.82, 2.24) is 5.32 Å². The summed E-state index contributed by atoms with van der Waals surface area (Å²) in [7, 11) is 0. The summed E-state index contributed by atoms with van der Waals surface area (Å²) < 4.78 is 0. The molecule has 0 aliphatic heterocycles. The molecule has 1 aromatic rings. The zero-order valence-corrected chi connectivity index (χ0v) is 13.7. The number of nitro groups is 1. The molecule has 7 nitrogen and oxygen atoms in total. The van der Waals surface area contributed by atoms with Crippen LogP contribution in [0, 0.1) is 10.1 Å². The predicted octanol–water partition coefficient (Wildman–Crippen LogP) is 2.85. The van der Waals surface area contributed by atoms with Crippen molar-refractivity contribution in [2.45, 2.75) is 36.1 Å². The first-order valence-corrected chi connectivity index (χ1v) is 8.31. The number of thioether (sulfide) groups is 1. The van der Waals surface area contributed by atoms with E-state index in [4.69, 9.17) is 11.6 Å². The molecule has 0 aromatic heterocycles. The van der Waals surface area contributed by atoms with Crippen molar-refractivity contribution in [3.63, 3.8) is 0 Å². The lowest BCUT2D eigenvalue weighted by molar-refractivity contribution is -0.387. The van der Waals surface area contributed by atoms with Gasteiger partial charge in [0.2, 0.25) is 5.91 Å². The molecule has 1 saturated carbocycles. The van der Waals surface area contributed by atoms with E-state index in [2.05, 4.69) is 5.32 Å². The zero-order chi connectivity index (χ0) is 17.0. The molecule has 2 rings (SSSR count). The number of halogens is 1. The number of carbonyl (C=O) groups is 2. The first kappa shape index (κ1) is 17.6. The minimum Gasteiger partial charge on any atom is -0.480 e. The van der Waals surface area contributed by atoms with E-state index >= 15 is 0 Å². The summed E-state index contributed by atoms with van der Waals surface area (Å²) in [6, 6.07) is 4.20.